The Hall–Kier alpha value is -1.53. The number of hydrogen-bond acceptors (Lipinski definition) is 2. The van der Waals surface area contributed by atoms with Gasteiger partial charge in [0.25, 0.3) is 0 Å². The molecule has 0 N–H and O–H groups in total. The fraction of sp³-hybridized carbons (Fsp3) is 0.100. The first kappa shape index (κ1) is 11.0. The molecular weight excluding hydrogens is 317 g/mol. The maximum atomic E-state index is 8.20. The standard InChI is InChI=1S/C10H8IN5/c11-8-1-3-10(4-2-8)16-6-5-9(14-16)7-13-15-12/h1-6H,7H2. The first-order valence-corrected chi connectivity index (χ1v) is 5.69. The fourth-order valence-corrected chi connectivity index (χ4v) is 1.65. The van der Waals surface area contributed by atoms with Crippen LogP contribution in [-0.4, -0.2) is 9.78 Å². The van der Waals surface area contributed by atoms with Crippen LogP contribution in [0.3, 0.4) is 0 Å². The van der Waals surface area contributed by atoms with Crippen LogP contribution in [0.5, 0.6) is 0 Å². The van der Waals surface area contributed by atoms with Gasteiger partial charge in [-0.15, -0.1) is 0 Å². The van der Waals surface area contributed by atoms with Crippen molar-refractivity contribution < 1.29 is 0 Å². The fourth-order valence-electron chi connectivity index (χ4n) is 1.29. The predicted molar refractivity (Wildman–Crippen MR) is 69.1 cm³/mol. The first-order chi connectivity index (χ1) is 7.79. The lowest BCUT2D eigenvalue weighted by Gasteiger charge is -2.00. The Kier molecular flexibility index (Phi) is 3.43. The molecule has 0 saturated carbocycles. The molecule has 0 fully saturated rings. The first-order valence-electron chi connectivity index (χ1n) is 4.61. The summed E-state index contributed by atoms with van der Waals surface area (Å²) in [6, 6.07) is 9.86. The highest BCUT2D eigenvalue weighted by molar-refractivity contribution is 14.1. The minimum Gasteiger partial charge on any atom is -0.241 e. The van der Waals surface area contributed by atoms with Crippen molar-refractivity contribution in [3.8, 4) is 5.69 Å². The molecule has 0 aliphatic rings. The Morgan fingerprint density at radius 3 is 2.75 bits per heavy atom. The molecule has 0 unspecified atom stereocenters. The molecule has 16 heavy (non-hydrogen) atoms. The summed E-state index contributed by atoms with van der Waals surface area (Å²) in [5.41, 5.74) is 9.96. The lowest BCUT2D eigenvalue weighted by atomic mass is 10.3. The molecule has 0 spiro atoms. The second kappa shape index (κ2) is 5.00. The van der Waals surface area contributed by atoms with E-state index in [1.165, 1.54) is 3.57 Å². The lowest BCUT2D eigenvalue weighted by Crippen LogP contribution is -1.95. The van der Waals surface area contributed by atoms with Crippen LogP contribution in [0.4, 0.5) is 0 Å². The number of azide groups is 1. The van der Waals surface area contributed by atoms with Crippen LogP contribution in [0.25, 0.3) is 16.1 Å². The molecule has 5 nitrogen and oxygen atoms in total. The van der Waals surface area contributed by atoms with E-state index in [1.54, 1.807) is 4.68 Å². The van der Waals surface area contributed by atoms with Crippen LogP contribution in [0.15, 0.2) is 41.6 Å². The number of rotatable bonds is 3. The van der Waals surface area contributed by atoms with Gasteiger partial charge in [0.1, 0.15) is 0 Å². The molecule has 2 rings (SSSR count). The van der Waals surface area contributed by atoms with E-state index in [4.69, 9.17) is 5.53 Å². The zero-order chi connectivity index (χ0) is 11.4. The molecule has 80 valence electrons. The Labute approximate surface area is 106 Å². The average Bonchev–Trinajstić information content (AvgIpc) is 2.76. The number of halogens is 1. The quantitative estimate of drug-likeness (QED) is 0.369. The summed E-state index contributed by atoms with van der Waals surface area (Å²) in [7, 11) is 0. The van der Waals surface area contributed by atoms with Crippen molar-refractivity contribution in [3.05, 3.63) is 56.2 Å². The zero-order valence-electron chi connectivity index (χ0n) is 8.29. The van der Waals surface area contributed by atoms with Crippen LogP contribution >= 0.6 is 22.6 Å². The summed E-state index contributed by atoms with van der Waals surface area (Å²) in [4.78, 5) is 2.70. The normalized spacial score (nSPS) is 9.81. The molecule has 0 amide bonds. The highest BCUT2D eigenvalue weighted by Gasteiger charge is 1.99. The average molecular weight is 325 g/mol. The van der Waals surface area contributed by atoms with Gasteiger partial charge in [-0.25, -0.2) is 4.68 Å². The van der Waals surface area contributed by atoms with Crippen molar-refractivity contribution >= 4 is 22.6 Å². The Morgan fingerprint density at radius 2 is 2.06 bits per heavy atom. The van der Waals surface area contributed by atoms with Crippen molar-refractivity contribution in [2.45, 2.75) is 6.54 Å². The molecule has 0 bridgehead atoms. The van der Waals surface area contributed by atoms with Gasteiger partial charge in [0, 0.05) is 14.7 Å². The van der Waals surface area contributed by atoms with Crippen molar-refractivity contribution in [2.24, 2.45) is 5.11 Å². The van der Waals surface area contributed by atoms with Gasteiger partial charge in [-0.3, -0.25) is 0 Å². The van der Waals surface area contributed by atoms with E-state index in [2.05, 4.69) is 37.7 Å². The Bertz CT molecular complexity index is 524. The molecule has 6 heteroatoms. The van der Waals surface area contributed by atoms with E-state index in [0.717, 1.165) is 11.4 Å². The molecule has 0 radical (unpaired) electrons. The van der Waals surface area contributed by atoms with Crippen LogP contribution in [0.1, 0.15) is 5.69 Å². The third kappa shape index (κ3) is 2.53. The van der Waals surface area contributed by atoms with E-state index in [9.17, 15) is 0 Å². The van der Waals surface area contributed by atoms with Gasteiger partial charge >= 0.3 is 0 Å². The molecule has 0 atom stereocenters. The summed E-state index contributed by atoms with van der Waals surface area (Å²) in [6.45, 7) is 0.286. The number of nitrogens with zero attached hydrogens (tertiary/aromatic N) is 5. The second-order valence-corrected chi connectivity index (χ2v) is 4.36. The van der Waals surface area contributed by atoms with Gasteiger partial charge in [0.05, 0.1) is 17.9 Å². The highest BCUT2D eigenvalue weighted by atomic mass is 127. The summed E-state index contributed by atoms with van der Waals surface area (Å²) < 4.78 is 2.95. The molecule has 0 saturated heterocycles. The summed E-state index contributed by atoms with van der Waals surface area (Å²) in [5, 5.41) is 7.76. The van der Waals surface area contributed by atoms with E-state index < -0.39 is 0 Å². The van der Waals surface area contributed by atoms with Crippen molar-refractivity contribution in [1.82, 2.24) is 9.78 Å². The number of benzene rings is 1. The van der Waals surface area contributed by atoms with Crippen molar-refractivity contribution in [1.29, 1.82) is 0 Å². The molecule has 0 aliphatic carbocycles. The van der Waals surface area contributed by atoms with E-state index in [-0.39, 0.29) is 6.54 Å². The summed E-state index contributed by atoms with van der Waals surface area (Å²) in [5.74, 6) is 0. The third-order valence-electron chi connectivity index (χ3n) is 2.03. The van der Waals surface area contributed by atoms with Crippen LogP contribution in [-0.2, 0) is 6.54 Å². The third-order valence-corrected chi connectivity index (χ3v) is 2.75. The Morgan fingerprint density at radius 1 is 1.31 bits per heavy atom. The van der Waals surface area contributed by atoms with E-state index in [0.29, 0.717) is 0 Å². The molecule has 1 aromatic heterocycles. The second-order valence-electron chi connectivity index (χ2n) is 3.12. The van der Waals surface area contributed by atoms with Gasteiger partial charge in [-0.05, 0) is 58.5 Å². The molecule has 1 aromatic carbocycles. The molecule has 2 aromatic rings. The maximum absolute atomic E-state index is 8.20. The number of hydrogen-bond donors (Lipinski definition) is 0. The Balaban J connectivity index is 2.24. The van der Waals surface area contributed by atoms with Gasteiger partial charge < -0.3 is 0 Å². The summed E-state index contributed by atoms with van der Waals surface area (Å²) >= 11 is 2.25. The minimum atomic E-state index is 0.286. The van der Waals surface area contributed by atoms with Crippen molar-refractivity contribution in [2.75, 3.05) is 0 Å². The van der Waals surface area contributed by atoms with Crippen LogP contribution in [0, 0.1) is 3.57 Å². The van der Waals surface area contributed by atoms with Gasteiger partial charge in [0.2, 0.25) is 0 Å². The van der Waals surface area contributed by atoms with E-state index >= 15 is 0 Å². The predicted octanol–water partition coefficient (Wildman–Crippen LogP) is 3.29. The molecular formula is C10H8IN5. The highest BCUT2D eigenvalue weighted by Crippen LogP contribution is 2.11. The smallest absolute Gasteiger partial charge is 0.0702 e. The van der Waals surface area contributed by atoms with Crippen LogP contribution in [0.2, 0.25) is 0 Å². The minimum absolute atomic E-state index is 0.286. The van der Waals surface area contributed by atoms with Crippen LogP contribution < -0.4 is 0 Å². The van der Waals surface area contributed by atoms with Gasteiger partial charge in [-0.2, -0.15) is 5.10 Å². The maximum Gasteiger partial charge on any atom is 0.0702 e. The SMILES string of the molecule is [N-]=[N+]=NCc1ccn(-c2ccc(I)cc2)n1. The largest absolute Gasteiger partial charge is 0.241 e. The summed E-state index contributed by atoms with van der Waals surface area (Å²) in [6.07, 6.45) is 1.85. The lowest BCUT2D eigenvalue weighted by molar-refractivity contribution is 0.831. The zero-order valence-corrected chi connectivity index (χ0v) is 10.4. The van der Waals surface area contributed by atoms with E-state index in [1.807, 2.05) is 36.5 Å². The molecule has 1 heterocycles. The topological polar surface area (TPSA) is 66.6 Å². The van der Waals surface area contributed by atoms with Gasteiger partial charge in [-0.1, -0.05) is 5.11 Å². The van der Waals surface area contributed by atoms with Gasteiger partial charge in [0.15, 0.2) is 0 Å². The van der Waals surface area contributed by atoms with Crippen molar-refractivity contribution in [3.63, 3.8) is 0 Å². The monoisotopic (exact) mass is 325 g/mol. The molecule has 0 aliphatic heterocycles. The number of aromatic nitrogens is 2.